The van der Waals surface area contributed by atoms with Crippen molar-refractivity contribution in [3.63, 3.8) is 0 Å². The third-order valence-electron chi connectivity index (χ3n) is 6.59. The molecule has 210 valence electrons. The number of amides is 2. The minimum atomic E-state index is -1.15. The van der Waals surface area contributed by atoms with Gasteiger partial charge in [-0.3, -0.25) is 9.59 Å². The van der Waals surface area contributed by atoms with Gasteiger partial charge in [0.05, 0.1) is 5.69 Å². The van der Waals surface area contributed by atoms with Crippen molar-refractivity contribution in [3.8, 4) is 0 Å². The van der Waals surface area contributed by atoms with Crippen molar-refractivity contribution in [3.05, 3.63) is 77.6 Å². The summed E-state index contributed by atoms with van der Waals surface area (Å²) in [6, 6.07) is 11.0. The number of fused-ring (bicyclic) bond motifs is 1. The summed E-state index contributed by atoms with van der Waals surface area (Å²) in [6.07, 6.45) is 2.99. The first kappa shape index (κ1) is 28.7. The molecule has 1 aliphatic heterocycles. The molecule has 3 heterocycles. The molecule has 5 N–H and O–H groups in total. The Hall–Kier alpha value is -4.35. The van der Waals surface area contributed by atoms with Gasteiger partial charge in [0.2, 0.25) is 11.9 Å². The lowest BCUT2D eigenvalue weighted by atomic mass is 9.78. The van der Waals surface area contributed by atoms with E-state index in [2.05, 4.69) is 51.3 Å². The number of hydrogen-bond acceptors (Lipinski definition) is 9. The zero-order chi connectivity index (χ0) is 29.1. The molecule has 1 aromatic carbocycles. The van der Waals surface area contributed by atoms with Crippen LogP contribution in [0.5, 0.6) is 0 Å². The van der Waals surface area contributed by atoms with Crippen LogP contribution in [-0.4, -0.2) is 61.6 Å². The summed E-state index contributed by atoms with van der Waals surface area (Å²) >= 11 is 0. The second kappa shape index (κ2) is 11.4. The molecule has 0 radical (unpaired) electrons. The minimum Gasteiger partial charge on any atom is -0.387 e. The summed E-state index contributed by atoms with van der Waals surface area (Å²) in [5, 5.41) is 28.8. The van der Waals surface area contributed by atoms with Crippen LogP contribution >= 0.6 is 0 Å². The van der Waals surface area contributed by atoms with Crippen LogP contribution in [0.4, 0.5) is 23.3 Å². The Morgan fingerprint density at radius 1 is 1.18 bits per heavy atom. The van der Waals surface area contributed by atoms with Gasteiger partial charge in [-0.15, -0.1) is 6.58 Å². The number of rotatable bonds is 9. The second-order valence-corrected chi connectivity index (χ2v) is 10.8. The number of aliphatic hydroxyl groups is 2. The van der Waals surface area contributed by atoms with E-state index in [-0.39, 0.29) is 35.2 Å². The van der Waals surface area contributed by atoms with Gasteiger partial charge in [-0.1, -0.05) is 32.1 Å². The number of nitrogens with zero attached hydrogens (tertiary/aromatic N) is 4. The molecule has 2 amide bonds. The first-order valence-electron chi connectivity index (χ1n) is 12.9. The van der Waals surface area contributed by atoms with E-state index in [1.54, 1.807) is 43.0 Å². The van der Waals surface area contributed by atoms with E-state index in [1.807, 2.05) is 18.2 Å². The smallest absolute Gasteiger partial charge is 0.256 e. The number of hydrogen-bond donors (Lipinski definition) is 5. The molecule has 0 saturated heterocycles. The van der Waals surface area contributed by atoms with Crippen LogP contribution in [0.3, 0.4) is 0 Å². The first-order chi connectivity index (χ1) is 18.9. The minimum absolute atomic E-state index is 0.202. The van der Waals surface area contributed by atoms with E-state index >= 15 is 0 Å². The van der Waals surface area contributed by atoms with E-state index in [4.69, 9.17) is 0 Å². The van der Waals surface area contributed by atoms with Crippen LogP contribution in [-0.2, 0) is 22.4 Å². The van der Waals surface area contributed by atoms with Gasteiger partial charge < -0.3 is 31.1 Å². The molecule has 3 aromatic rings. The summed E-state index contributed by atoms with van der Waals surface area (Å²) in [7, 11) is 0. The standard InChI is InChI=1S/C29H35N7O4/c1-6-12-30-26(39)20-14-31-27(35-25(20)34-23-9-7-8-22(33-23)29(4,5)40)32-19-10-11-21-18(13-19)15-36(24(38)16-37)17-28(21,2)3/h6-11,13-14,37,40H,1,12,15-17H2,2-5H3,(H,30,39)(H2,31,32,33,34,35). The maximum Gasteiger partial charge on any atom is 0.256 e. The highest BCUT2D eigenvalue weighted by atomic mass is 16.3. The van der Waals surface area contributed by atoms with Crippen LogP contribution in [0, 0.1) is 0 Å². The number of aromatic nitrogens is 3. The summed E-state index contributed by atoms with van der Waals surface area (Å²) < 4.78 is 0. The van der Waals surface area contributed by atoms with Gasteiger partial charge in [-0.05, 0) is 49.2 Å². The Bertz CT molecular complexity index is 1430. The molecule has 4 rings (SSSR count). The van der Waals surface area contributed by atoms with Crippen LogP contribution in [0.25, 0.3) is 0 Å². The molecule has 2 aromatic heterocycles. The predicted octanol–water partition coefficient (Wildman–Crippen LogP) is 3.11. The lowest BCUT2D eigenvalue weighted by Crippen LogP contribution is -2.46. The largest absolute Gasteiger partial charge is 0.387 e. The average molecular weight is 546 g/mol. The molecule has 11 nitrogen and oxygen atoms in total. The Labute approximate surface area is 233 Å². The predicted molar refractivity (Wildman–Crippen MR) is 153 cm³/mol. The Morgan fingerprint density at radius 2 is 1.95 bits per heavy atom. The average Bonchev–Trinajstić information content (AvgIpc) is 2.90. The topological polar surface area (TPSA) is 153 Å². The number of pyridine rings is 1. The molecule has 0 aliphatic carbocycles. The molecule has 0 unspecified atom stereocenters. The third-order valence-corrected chi connectivity index (χ3v) is 6.59. The van der Waals surface area contributed by atoms with Crippen molar-refractivity contribution in [2.45, 2.75) is 45.3 Å². The molecule has 11 heteroatoms. The quantitative estimate of drug-likeness (QED) is 0.255. The van der Waals surface area contributed by atoms with Crippen molar-refractivity contribution < 1.29 is 19.8 Å². The zero-order valence-corrected chi connectivity index (χ0v) is 23.2. The van der Waals surface area contributed by atoms with Crippen molar-refractivity contribution >= 4 is 35.1 Å². The number of carbonyl (C=O) groups excluding carboxylic acids is 2. The van der Waals surface area contributed by atoms with Gasteiger partial charge >= 0.3 is 0 Å². The van der Waals surface area contributed by atoms with Crippen LogP contribution in [0.2, 0.25) is 0 Å². The fourth-order valence-electron chi connectivity index (χ4n) is 4.62. The Morgan fingerprint density at radius 3 is 2.65 bits per heavy atom. The van der Waals surface area contributed by atoms with Crippen LogP contribution in [0.1, 0.15) is 54.9 Å². The molecule has 0 fully saturated rings. The van der Waals surface area contributed by atoms with Crippen LogP contribution in [0.15, 0.2) is 55.3 Å². The van der Waals surface area contributed by atoms with Crippen molar-refractivity contribution in [1.82, 2.24) is 25.2 Å². The molecular weight excluding hydrogens is 510 g/mol. The maximum absolute atomic E-state index is 12.8. The molecule has 0 spiro atoms. The Kier molecular flexibility index (Phi) is 8.17. The zero-order valence-electron chi connectivity index (χ0n) is 23.2. The van der Waals surface area contributed by atoms with E-state index in [0.29, 0.717) is 30.3 Å². The van der Waals surface area contributed by atoms with E-state index in [0.717, 1.165) is 11.1 Å². The highest BCUT2D eigenvalue weighted by Gasteiger charge is 2.33. The molecule has 40 heavy (non-hydrogen) atoms. The number of benzene rings is 1. The number of aliphatic hydroxyl groups excluding tert-OH is 1. The second-order valence-electron chi connectivity index (χ2n) is 10.8. The summed E-state index contributed by atoms with van der Waals surface area (Å²) in [5.41, 5.74) is 1.99. The SMILES string of the molecule is C=CCNC(=O)c1cnc(Nc2ccc3c(c2)CN(C(=O)CO)CC3(C)C)nc1Nc1cccc(C(C)(C)O)n1. The highest BCUT2D eigenvalue weighted by Crippen LogP contribution is 2.35. The van der Waals surface area contributed by atoms with E-state index in [9.17, 15) is 19.8 Å². The molecular formula is C29H35N7O4. The molecule has 0 atom stereocenters. The lowest BCUT2D eigenvalue weighted by Gasteiger charge is -2.40. The van der Waals surface area contributed by atoms with E-state index < -0.39 is 18.1 Å². The lowest BCUT2D eigenvalue weighted by molar-refractivity contribution is -0.136. The Balaban J connectivity index is 1.66. The number of anilines is 4. The van der Waals surface area contributed by atoms with E-state index in [1.165, 1.54) is 6.20 Å². The van der Waals surface area contributed by atoms with Gasteiger partial charge in [-0.2, -0.15) is 4.98 Å². The van der Waals surface area contributed by atoms with Gasteiger partial charge in [0.25, 0.3) is 5.91 Å². The van der Waals surface area contributed by atoms with Crippen molar-refractivity contribution in [2.75, 3.05) is 30.3 Å². The summed E-state index contributed by atoms with van der Waals surface area (Å²) in [6.45, 7) is 11.7. The monoisotopic (exact) mass is 545 g/mol. The van der Waals surface area contributed by atoms with Gasteiger partial charge in [-0.25, -0.2) is 9.97 Å². The van der Waals surface area contributed by atoms with Crippen molar-refractivity contribution in [2.24, 2.45) is 0 Å². The molecule has 1 aliphatic rings. The maximum atomic E-state index is 12.8. The third kappa shape index (κ3) is 6.44. The number of carbonyl (C=O) groups is 2. The summed E-state index contributed by atoms with van der Waals surface area (Å²) in [4.78, 5) is 40.1. The highest BCUT2D eigenvalue weighted by molar-refractivity contribution is 5.99. The van der Waals surface area contributed by atoms with Crippen molar-refractivity contribution in [1.29, 1.82) is 0 Å². The normalized spacial score (nSPS) is 14.2. The van der Waals surface area contributed by atoms with Gasteiger partial charge in [0.1, 0.15) is 29.4 Å². The fourth-order valence-corrected chi connectivity index (χ4v) is 4.62. The van der Waals surface area contributed by atoms with Gasteiger partial charge in [0.15, 0.2) is 0 Å². The van der Waals surface area contributed by atoms with Crippen LogP contribution < -0.4 is 16.0 Å². The summed E-state index contributed by atoms with van der Waals surface area (Å²) in [5.74, 6) is 0.144. The molecule has 0 bridgehead atoms. The fraction of sp³-hybridized carbons (Fsp3) is 0.345. The first-order valence-corrected chi connectivity index (χ1v) is 12.9. The van der Waals surface area contributed by atoms with Gasteiger partial charge in [0, 0.05) is 36.9 Å². The molecule has 0 saturated carbocycles. The number of nitrogens with one attached hydrogen (secondary N) is 3.